The largest absolute Gasteiger partial charge is 0.416 e. The summed E-state index contributed by atoms with van der Waals surface area (Å²) in [7, 11) is 0. The van der Waals surface area contributed by atoms with Gasteiger partial charge in [-0.25, -0.2) is 0 Å². The van der Waals surface area contributed by atoms with Crippen LogP contribution in [-0.2, 0) is 11.2 Å². The number of ether oxygens (including phenoxy) is 1. The Bertz CT molecular complexity index is 313. The maximum absolute atomic E-state index is 12.6. The fraction of sp³-hybridized carbons (Fsp3) is 0.636. The van der Waals surface area contributed by atoms with Gasteiger partial charge in [0.05, 0.1) is 6.61 Å². The van der Waals surface area contributed by atoms with Crippen molar-refractivity contribution in [3.63, 3.8) is 0 Å². The van der Waals surface area contributed by atoms with Crippen molar-refractivity contribution in [2.45, 2.75) is 38.1 Å². The van der Waals surface area contributed by atoms with Crippen LogP contribution in [0.2, 0.25) is 0 Å². The Balaban J connectivity index is 2.44. The smallest absolute Gasteiger partial charge is 0.367 e. The van der Waals surface area contributed by atoms with Gasteiger partial charge in [0.15, 0.2) is 6.10 Å². The first-order chi connectivity index (χ1) is 7.95. The van der Waals surface area contributed by atoms with E-state index in [9.17, 15) is 13.2 Å². The Kier molecular flexibility index (Phi) is 5.42. The quantitative estimate of drug-likeness (QED) is 0.860. The summed E-state index contributed by atoms with van der Waals surface area (Å²) in [4.78, 5) is 1.01. The molecule has 1 heterocycles. The molecule has 0 bridgehead atoms. The van der Waals surface area contributed by atoms with Gasteiger partial charge < -0.3 is 10.5 Å². The molecule has 0 aliphatic rings. The van der Waals surface area contributed by atoms with E-state index in [0.717, 1.165) is 4.88 Å². The first-order valence-corrected chi connectivity index (χ1v) is 6.29. The third kappa shape index (κ3) is 4.65. The average Bonchev–Trinajstić information content (AvgIpc) is 2.74. The molecule has 0 saturated carbocycles. The third-order valence-electron chi connectivity index (χ3n) is 2.41. The summed E-state index contributed by atoms with van der Waals surface area (Å²) >= 11 is 1.50. The minimum atomic E-state index is -4.40. The Morgan fingerprint density at radius 1 is 1.47 bits per heavy atom. The molecule has 6 heteroatoms. The summed E-state index contributed by atoms with van der Waals surface area (Å²) in [6.07, 6.45) is -5.54. The highest BCUT2D eigenvalue weighted by Gasteiger charge is 2.43. The van der Waals surface area contributed by atoms with Crippen LogP contribution in [0, 0.1) is 0 Å². The van der Waals surface area contributed by atoms with Crippen LogP contribution in [-0.4, -0.2) is 24.9 Å². The molecule has 2 atom stereocenters. The summed E-state index contributed by atoms with van der Waals surface area (Å²) in [6.45, 7) is 1.66. The van der Waals surface area contributed by atoms with E-state index in [4.69, 9.17) is 10.5 Å². The van der Waals surface area contributed by atoms with Crippen molar-refractivity contribution in [1.29, 1.82) is 0 Å². The second-order valence-electron chi connectivity index (χ2n) is 3.73. The molecular weight excluding hydrogens is 251 g/mol. The van der Waals surface area contributed by atoms with Crippen molar-refractivity contribution >= 4 is 11.3 Å². The fourth-order valence-corrected chi connectivity index (χ4v) is 2.11. The van der Waals surface area contributed by atoms with Gasteiger partial charge in [-0.05, 0) is 17.9 Å². The molecule has 0 fully saturated rings. The summed E-state index contributed by atoms with van der Waals surface area (Å²) in [5, 5.41) is 1.88. The summed E-state index contributed by atoms with van der Waals surface area (Å²) in [5.74, 6) is 0. The van der Waals surface area contributed by atoms with E-state index in [2.05, 4.69) is 0 Å². The molecule has 0 aromatic carbocycles. The van der Waals surface area contributed by atoms with Crippen LogP contribution in [0.1, 0.15) is 18.2 Å². The molecule has 0 spiro atoms. The lowest BCUT2D eigenvalue weighted by Crippen LogP contribution is -2.46. The van der Waals surface area contributed by atoms with Crippen LogP contribution < -0.4 is 5.73 Å². The molecule has 1 aromatic rings. The normalized spacial score (nSPS) is 15.8. The van der Waals surface area contributed by atoms with Crippen molar-refractivity contribution in [1.82, 2.24) is 0 Å². The predicted octanol–water partition coefficient (Wildman–Crippen LogP) is 2.98. The molecule has 17 heavy (non-hydrogen) atoms. The van der Waals surface area contributed by atoms with Crippen molar-refractivity contribution < 1.29 is 17.9 Å². The SMILES string of the molecule is CCC(N)C(OCCc1cccs1)C(F)(F)F. The zero-order valence-corrected chi connectivity index (χ0v) is 10.4. The lowest BCUT2D eigenvalue weighted by Gasteiger charge is -2.25. The van der Waals surface area contributed by atoms with Gasteiger partial charge >= 0.3 is 6.18 Å². The highest BCUT2D eigenvalue weighted by atomic mass is 32.1. The molecule has 0 amide bonds. The molecule has 2 unspecified atom stereocenters. The van der Waals surface area contributed by atoms with Crippen molar-refractivity contribution in [3.8, 4) is 0 Å². The second-order valence-corrected chi connectivity index (χ2v) is 4.77. The van der Waals surface area contributed by atoms with E-state index >= 15 is 0 Å². The number of rotatable bonds is 6. The van der Waals surface area contributed by atoms with Gasteiger partial charge in [-0.2, -0.15) is 13.2 Å². The van der Waals surface area contributed by atoms with Crippen LogP contribution >= 0.6 is 11.3 Å². The van der Waals surface area contributed by atoms with E-state index in [1.165, 1.54) is 11.3 Å². The van der Waals surface area contributed by atoms with E-state index < -0.39 is 18.3 Å². The van der Waals surface area contributed by atoms with E-state index in [0.29, 0.717) is 6.42 Å². The molecule has 1 aromatic heterocycles. The van der Waals surface area contributed by atoms with Gasteiger partial charge in [0.2, 0.25) is 0 Å². The molecule has 98 valence electrons. The second kappa shape index (κ2) is 6.37. The maximum Gasteiger partial charge on any atom is 0.416 e. The lowest BCUT2D eigenvalue weighted by molar-refractivity contribution is -0.226. The van der Waals surface area contributed by atoms with E-state index in [-0.39, 0.29) is 13.0 Å². The Morgan fingerprint density at radius 2 is 2.18 bits per heavy atom. The van der Waals surface area contributed by atoms with Crippen molar-refractivity contribution in [2.75, 3.05) is 6.61 Å². The van der Waals surface area contributed by atoms with Crippen molar-refractivity contribution in [2.24, 2.45) is 5.73 Å². The highest BCUT2D eigenvalue weighted by molar-refractivity contribution is 7.09. The van der Waals surface area contributed by atoms with Crippen molar-refractivity contribution in [3.05, 3.63) is 22.4 Å². The highest BCUT2D eigenvalue weighted by Crippen LogP contribution is 2.26. The Morgan fingerprint density at radius 3 is 2.65 bits per heavy atom. The zero-order chi connectivity index (χ0) is 12.9. The molecule has 0 radical (unpaired) electrons. The third-order valence-corrected chi connectivity index (χ3v) is 3.35. The molecule has 0 aliphatic heterocycles. The monoisotopic (exact) mass is 267 g/mol. The van der Waals surface area contributed by atoms with Gasteiger partial charge in [-0.15, -0.1) is 11.3 Å². The van der Waals surface area contributed by atoms with Gasteiger partial charge in [0.1, 0.15) is 0 Å². The molecule has 2 nitrogen and oxygen atoms in total. The van der Waals surface area contributed by atoms with E-state index in [1.54, 1.807) is 6.92 Å². The zero-order valence-electron chi connectivity index (χ0n) is 9.54. The standard InChI is InChI=1S/C11H16F3NOS/c1-2-9(15)10(11(12,13)14)16-6-5-8-4-3-7-17-8/h3-4,7,9-10H,2,5-6,15H2,1H3. The van der Waals surface area contributed by atoms with Gasteiger partial charge in [-0.3, -0.25) is 0 Å². The number of thiophene rings is 1. The van der Waals surface area contributed by atoms with Crippen LogP contribution in [0.25, 0.3) is 0 Å². The summed E-state index contributed by atoms with van der Waals surface area (Å²) < 4.78 is 42.8. The fourth-order valence-electron chi connectivity index (χ4n) is 1.42. The maximum atomic E-state index is 12.6. The number of alkyl halides is 3. The topological polar surface area (TPSA) is 35.2 Å². The summed E-state index contributed by atoms with van der Waals surface area (Å²) in [5.41, 5.74) is 5.42. The van der Waals surface area contributed by atoms with Crippen LogP contribution in [0.15, 0.2) is 17.5 Å². The summed E-state index contributed by atoms with van der Waals surface area (Å²) in [6, 6.07) is 2.73. The number of nitrogens with two attached hydrogens (primary N) is 1. The van der Waals surface area contributed by atoms with Gasteiger partial charge in [0.25, 0.3) is 0 Å². The van der Waals surface area contributed by atoms with Crippen LogP contribution in [0.3, 0.4) is 0 Å². The van der Waals surface area contributed by atoms with Crippen LogP contribution in [0.4, 0.5) is 13.2 Å². The number of hydrogen-bond donors (Lipinski definition) is 1. The Hall–Kier alpha value is -0.590. The molecule has 0 aliphatic carbocycles. The van der Waals surface area contributed by atoms with Crippen LogP contribution in [0.5, 0.6) is 0 Å². The molecule has 2 N–H and O–H groups in total. The van der Waals surface area contributed by atoms with Gasteiger partial charge in [0, 0.05) is 17.3 Å². The minimum absolute atomic E-state index is 0.0401. The Labute approximate surface area is 103 Å². The number of halogens is 3. The molecular formula is C11H16F3NOS. The lowest BCUT2D eigenvalue weighted by atomic mass is 10.1. The molecule has 0 saturated heterocycles. The predicted molar refractivity (Wildman–Crippen MR) is 62.1 cm³/mol. The number of hydrogen-bond acceptors (Lipinski definition) is 3. The van der Waals surface area contributed by atoms with E-state index in [1.807, 2.05) is 17.5 Å². The van der Waals surface area contributed by atoms with Gasteiger partial charge in [-0.1, -0.05) is 13.0 Å². The molecule has 1 rings (SSSR count). The average molecular weight is 267 g/mol. The first kappa shape index (κ1) is 14.5. The first-order valence-electron chi connectivity index (χ1n) is 5.41. The minimum Gasteiger partial charge on any atom is -0.367 e.